The number of hydrogen-bond acceptors (Lipinski definition) is 5. The van der Waals surface area contributed by atoms with Crippen LogP contribution in [-0.4, -0.2) is 72.8 Å². The van der Waals surface area contributed by atoms with Crippen LogP contribution in [0.5, 0.6) is 5.75 Å². The van der Waals surface area contributed by atoms with E-state index in [1.165, 1.54) is 36.4 Å². The number of piperazine rings is 1. The number of carbonyl (C=O) groups excluding carboxylic acids is 1. The van der Waals surface area contributed by atoms with Gasteiger partial charge >= 0.3 is 0 Å². The second kappa shape index (κ2) is 10.3. The molecule has 0 radical (unpaired) electrons. The molecule has 0 spiro atoms. The quantitative estimate of drug-likeness (QED) is 0.703. The molecule has 1 saturated heterocycles. The van der Waals surface area contributed by atoms with Crippen molar-refractivity contribution >= 4 is 11.6 Å². The molecule has 8 heteroatoms. The van der Waals surface area contributed by atoms with Crippen LogP contribution in [0.15, 0.2) is 48.5 Å². The summed E-state index contributed by atoms with van der Waals surface area (Å²) in [5.74, 6) is -0.393. The summed E-state index contributed by atoms with van der Waals surface area (Å²) < 4.78 is 31.5. The van der Waals surface area contributed by atoms with Crippen LogP contribution in [0, 0.1) is 11.6 Å². The molecule has 1 aliphatic heterocycles. The van der Waals surface area contributed by atoms with Crippen LogP contribution in [0.1, 0.15) is 0 Å². The van der Waals surface area contributed by atoms with Gasteiger partial charge in [-0.05, 0) is 42.5 Å². The predicted molar refractivity (Wildman–Crippen MR) is 106 cm³/mol. The van der Waals surface area contributed by atoms with Gasteiger partial charge in [-0.25, -0.2) is 8.78 Å². The Balaban J connectivity index is 1.34. The van der Waals surface area contributed by atoms with Gasteiger partial charge in [-0.1, -0.05) is 6.07 Å². The van der Waals surface area contributed by atoms with E-state index < -0.39 is 11.9 Å². The maximum atomic E-state index is 13.2. The summed E-state index contributed by atoms with van der Waals surface area (Å²) in [6.45, 7) is 3.67. The van der Waals surface area contributed by atoms with Crippen LogP contribution >= 0.6 is 0 Å². The zero-order valence-electron chi connectivity index (χ0n) is 16.1. The molecule has 1 heterocycles. The van der Waals surface area contributed by atoms with Crippen molar-refractivity contribution in [2.75, 3.05) is 51.2 Å². The van der Waals surface area contributed by atoms with Crippen LogP contribution in [0.4, 0.5) is 14.5 Å². The molecule has 1 aliphatic rings. The maximum Gasteiger partial charge on any atom is 0.238 e. The lowest BCUT2D eigenvalue weighted by Gasteiger charge is -2.35. The topological polar surface area (TPSA) is 65.0 Å². The smallest absolute Gasteiger partial charge is 0.238 e. The Kier molecular flexibility index (Phi) is 7.51. The van der Waals surface area contributed by atoms with Gasteiger partial charge in [-0.2, -0.15) is 0 Å². The molecule has 2 aromatic carbocycles. The van der Waals surface area contributed by atoms with E-state index in [0.29, 0.717) is 31.1 Å². The van der Waals surface area contributed by atoms with Crippen LogP contribution in [0.2, 0.25) is 0 Å². The molecule has 6 nitrogen and oxygen atoms in total. The minimum Gasteiger partial charge on any atom is -0.491 e. The zero-order valence-corrected chi connectivity index (χ0v) is 16.1. The van der Waals surface area contributed by atoms with E-state index >= 15 is 0 Å². The van der Waals surface area contributed by atoms with Gasteiger partial charge in [-0.15, -0.1) is 0 Å². The van der Waals surface area contributed by atoms with E-state index in [1.807, 2.05) is 4.90 Å². The van der Waals surface area contributed by atoms with Crippen molar-refractivity contribution in [3.63, 3.8) is 0 Å². The number of halogens is 2. The summed E-state index contributed by atoms with van der Waals surface area (Å²) >= 11 is 0. The number of aliphatic hydroxyl groups excluding tert-OH is 1. The Morgan fingerprint density at radius 3 is 2.41 bits per heavy atom. The van der Waals surface area contributed by atoms with Gasteiger partial charge in [0.25, 0.3) is 0 Å². The molecule has 1 amide bonds. The number of ether oxygens (including phenoxy) is 1. The predicted octanol–water partition coefficient (Wildman–Crippen LogP) is 1.96. The second-order valence-corrected chi connectivity index (χ2v) is 7.05. The lowest BCUT2D eigenvalue weighted by molar-refractivity contribution is -0.117. The minimum absolute atomic E-state index is 0.127. The fourth-order valence-electron chi connectivity index (χ4n) is 3.17. The molecule has 0 saturated carbocycles. The first kappa shape index (κ1) is 21.2. The average Bonchev–Trinajstić information content (AvgIpc) is 2.69. The number of aliphatic hydroxyl groups is 1. The molecule has 0 aromatic heterocycles. The number of nitrogens with one attached hydrogen (secondary N) is 1. The van der Waals surface area contributed by atoms with Crippen LogP contribution in [0.25, 0.3) is 0 Å². The van der Waals surface area contributed by atoms with Gasteiger partial charge < -0.3 is 15.2 Å². The third-order valence-corrected chi connectivity index (χ3v) is 4.67. The van der Waals surface area contributed by atoms with E-state index in [2.05, 4.69) is 10.2 Å². The third kappa shape index (κ3) is 7.08. The van der Waals surface area contributed by atoms with Crippen molar-refractivity contribution in [1.29, 1.82) is 0 Å². The van der Waals surface area contributed by atoms with Crippen LogP contribution < -0.4 is 10.1 Å². The molecule has 1 unspecified atom stereocenters. The summed E-state index contributed by atoms with van der Waals surface area (Å²) in [4.78, 5) is 16.3. The summed E-state index contributed by atoms with van der Waals surface area (Å²) in [6.07, 6.45) is -0.664. The number of benzene rings is 2. The number of anilines is 1. The average molecular weight is 405 g/mol. The molecule has 2 aromatic rings. The van der Waals surface area contributed by atoms with E-state index in [9.17, 15) is 18.7 Å². The van der Waals surface area contributed by atoms with E-state index in [4.69, 9.17) is 4.74 Å². The summed E-state index contributed by atoms with van der Waals surface area (Å²) in [5, 5.41) is 12.9. The molecule has 0 bridgehead atoms. The van der Waals surface area contributed by atoms with Gasteiger partial charge in [0.15, 0.2) is 0 Å². The molecule has 29 heavy (non-hydrogen) atoms. The fourth-order valence-corrected chi connectivity index (χ4v) is 3.17. The number of hydrogen-bond donors (Lipinski definition) is 2. The Morgan fingerprint density at radius 1 is 1.03 bits per heavy atom. The van der Waals surface area contributed by atoms with E-state index in [-0.39, 0.29) is 24.9 Å². The molecular formula is C21H25F2N3O3. The second-order valence-electron chi connectivity index (χ2n) is 7.05. The van der Waals surface area contributed by atoms with Crippen molar-refractivity contribution < 1.29 is 23.4 Å². The first-order valence-electron chi connectivity index (χ1n) is 9.54. The highest BCUT2D eigenvalue weighted by Crippen LogP contribution is 2.12. The van der Waals surface area contributed by atoms with Gasteiger partial charge in [-0.3, -0.25) is 14.6 Å². The number of carbonyl (C=O) groups is 1. The van der Waals surface area contributed by atoms with E-state index in [1.54, 1.807) is 12.1 Å². The zero-order chi connectivity index (χ0) is 20.6. The van der Waals surface area contributed by atoms with Crippen molar-refractivity contribution in [2.45, 2.75) is 6.10 Å². The number of amides is 1. The van der Waals surface area contributed by atoms with Crippen LogP contribution in [0.3, 0.4) is 0 Å². The monoisotopic (exact) mass is 405 g/mol. The standard InChI is InChI=1S/C21H25F2N3O3/c22-16-4-6-20(7-5-16)29-15-19(27)13-25-8-10-26(11-9-25)14-21(28)24-18-3-1-2-17(23)12-18/h1-7,12,19,27H,8-11,13-15H2,(H,24,28). The SMILES string of the molecule is O=C(CN1CCN(CC(O)COc2ccc(F)cc2)CC1)Nc1cccc(F)c1. The lowest BCUT2D eigenvalue weighted by atomic mass is 10.2. The molecule has 1 fully saturated rings. The largest absolute Gasteiger partial charge is 0.491 e. The molecule has 3 rings (SSSR count). The highest BCUT2D eigenvalue weighted by Gasteiger charge is 2.21. The Labute approximate surface area is 168 Å². The van der Waals surface area contributed by atoms with E-state index in [0.717, 1.165) is 13.1 Å². The minimum atomic E-state index is -0.664. The number of β-amino-alcohol motifs (C(OH)–C–C–N with tert-alkyl or cyclic N) is 1. The molecule has 156 valence electrons. The molecular weight excluding hydrogens is 380 g/mol. The lowest BCUT2D eigenvalue weighted by Crippen LogP contribution is -2.50. The van der Waals surface area contributed by atoms with Crippen molar-refractivity contribution in [1.82, 2.24) is 9.80 Å². The fraction of sp³-hybridized carbons (Fsp3) is 0.381. The Hall–Kier alpha value is -2.55. The molecule has 1 atom stereocenters. The van der Waals surface area contributed by atoms with Gasteiger partial charge in [0.2, 0.25) is 5.91 Å². The Morgan fingerprint density at radius 2 is 1.72 bits per heavy atom. The van der Waals surface area contributed by atoms with Crippen molar-refractivity contribution in [3.8, 4) is 5.75 Å². The van der Waals surface area contributed by atoms with Crippen LogP contribution in [-0.2, 0) is 4.79 Å². The molecule has 2 N–H and O–H groups in total. The van der Waals surface area contributed by atoms with Gasteiger partial charge in [0, 0.05) is 38.4 Å². The van der Waals surface area contributed by atoms with Gasteiger partial charge in [0.05, 0.1) is 6.54 Å². The first-order valence-corrected chi connectivity index (χ1v) is 9.54. The first-order chi connectivity index (χ1) is 14.0. The summed E-state index contributed by atoms with van der Waals surface area (Å²) in [5.41, 5.74) is 0.443. The maximum absolute atomic E-state index is 13.2. The molecule has 0 aliphatic carbocycles. The third-order valence-electron chi connectivity index (χ3n) is 4.67. The normalized spacial score (nSPS) is 16.4. The highest BCUT2D eigenvalue weighted by atomic mass is 19.1. The van der Waals surface area contributed by atoms with Gasteiger partial charge in [0.1, 0.15) is 30.1 Å². The number of nitrogens with zero attached hydrogens (tertiary/aromatic N) is 2. The highest BCUT2D eigenvalue weighted by molar-refractivity contribution is 5.92. The summed E-state index contributed by atoms with van der Waals surface area (Å²) in [7, 11) is 0. The Bertz CT molecular complexity index is 796. The van der Waals surface area contributed by atoms with Crippen molar-refractivity contribution in [3.05, 3.63) is 60.2 Å². The van der Waals surface area contributed by atoms with Crippen molar-refractivity contribution in [2.24, 2.45) is 0 Å². The number of rotatable bonds is 8. The summed E-state index contributed by atoms with van der Waals surface area (Å²) in [6, 6.07) is 11.5.